The predicted molar refractivity (Wildman–Crippen MR) is 66.4 cm³/mol. The van der Waals surface area contributed by atoms with Gasteiger partial charge in [-0.1, -0.05) is 11.6 Å². The van der Waals surface area contributed by atoms with Crippen LogP contribution in [0.1, 0.15) is 12.5 Å². The number of hydrogen-bond acceptors (Lipinski definition) is 2. The van der Waals surface area contributed by atoms with Gasteiger partial charge in [-0.15, -0.1) is 0 Å². The number of benzene rings is 1. The van der Waals surface area contributed by atoms with Gasteiger partial charge in [0.05, 0.1) is 12.1 Å². The first-order chi connectivity index (χ1) is 9.20. The Hall–Kier alpha value is -1.76. The highest BCUT2D eigenvalue weighted by Crippen LogP contribution is 2.35. The predicted octanol–water partition coefficient (Wildman–Crippen LogP) is 2.21. The fourth-order valence-electron chi connectivity index (χ4n) is 1.97. The maximum absolute atomic E-state index is 12.7. The molecule has 1 aromatic rings. The lowest BCUT2D eigenvalue weighted by atomic mass is 10.1. The molecule has 0 aromatic heterocycles. The van der Waals surface area contributed by atoms with Crippen LogP contribution in [0, 0.1) is 0 Å². The summed E-state index contributed by atoms with van der Waals surface area (Å²) in [5, 5.41) is 2.20. The summed E-state index contributed by atoms with van der Waals surface area (Å²) in [5.41, 5.74) is -1.01. The smallest absolute Gasteiger partial charge is 0.345 e. The van der Waals surface area contributed by atoms with E-state index in [2.05, 4.69) is 5.32 Å². The summed E-state index contributed by atoms with van der Waals surface area (Å²) in [4.78, 5) is 24.4. The van der Waals surface area contributed by atoms with E-state index in [0.717, 1.165) is 17.0 Å². The maximum atomic E-state index is 12.7. The van der Waals surface area contributed by atoms with Gasteiger partial charge in [0.2, 0.25) is 11.8 Å². The van der Waals surface area contributed by atoms with Crippen molar-refractivity contribution in [3.8, 4) is 0 Å². The van der Waals surface area contributed by atoms with E-state index in [9.17, 15) is 22.8 Å². The van der Waals surface area contributed by atoms with Gasteiger partial charge in [-0.05, 0) is 25.1 Å². The molecule has 1 N–H and O–H groups in total. The van der Waals surface area contributed by atoms with Crippen LogP contribution in [0.4, 0.5) is 18.9 Å². The Bertz CT molecular complexity index is 574. The molecule has 0 saturated carbocycles. The van der Waals surface area contributed by atoms with Gasteiger partial charge in [-0.2, -0.15) is 13.2 Å². The highest BCUT2D eigenvalue weighted by Gasteiger charge is 2.35. The van der Waals surface area contributed by atoms with Gasteiger partial charge in [0.1, 0.15) is 6.04 Å². The molecule has 1 aliphatic heterocycles. The van der Waals surface area contributed by atoms with Crippen LogP contribution in [-0.2, 0) is 15.8 Å². The van der Waals surface area contributed by atoms with E-state index in [4.69, 9.17) is 11.6 Å². The molecule has 1 aliphatic rings. The Labute approximate surface area is 117 Å². The highest BCUT2D eigenvalue weighted by molar-refractivity contribution is 6.31. The third kappa shape index (κ3) is 2.72. The molecule has 1 atom stereocenters. The molecule has 1 heterocycles. The molecule has 1 unspecified atom stereocenters. The fraction of sp³-hybridized carbons (Fsp3) is 0.333. The Morgan fingerprint density at radius 3 is 2.55 bits per heavy atom. The summed E-state index contributed by atoms with van der Waals surface area (Å²) in [6, 6.07) is 1.91. The molecule has 108 valence electrons. The minimum atomic E-state index is -4.58. The first-order valence-corrected chi connectivity index (χ1v) is 6.05. The van der Waals surface area contributed by atoms with Gasteiger partial charge in [-0.3, -0.25) is 14.5 Å². The van der Waals surface area contributed by atoms with Gasteiger partial charge in [0, 0.05) is 10.7 Å². The molecule has 2 rings (SSSR count). The largest absolute Gasteiger partial charge is 0.416 e. The topological polar surface area (TPSA) is 49.4 Å². The van der Waals surface area contributed by atoms with Crippen molar-refractivity contribution in [2.24, 2.45) is 0 Å². The van der Waals surface area contributed by atoms with Crippen LogP contribution in [0.25, 0.3) is 0 Å². The molecule has 0 spiro atoms. The molecule has 4 nitrogen and oxygen atoms in total. The molecule has 0 aliphatic carbocycles. The second kappa shape index (κ2) is 4.97. The molecular formula is C12H10ClF3N2O2. The van der Waals surface area contributed by atoms with Crippen LogP contribution in [0.15, 0.2) is 18.2 Å². The molecule has 20 heavy (non-hydrogen) atoms. The monoisotopic (exact) mass is 306 g/mol. The quantitative estimate of drug-likeness (QED) is 0.865. The van der Waals surface area contributed by atoms with Crippen molar-refractivity contribution in [3.63, 3.8) is 0 Å². The number of carbonyl (C=O) groups excluding carboxylic acids is 2. The summed E-state index contributed by atoms with van der Waals surface area (Å²) in [7, 11) is 0. The van der Waals surface area contributed by atoms with E-state index in [0.29, 0.717) is 0 Å². The van der Waals surface area contributed by atoms with Crippen LogP contribution in [0.5, 0.6) is 0 Å². The second-order valence-electron chi connectivity index (χ2n) is 4.35. The van der Waals surface area contributed by atoms with Crippen molar-refractivity contribution >= 4 is 29.1 Å². The van der Waals surface area contributed by atoms with Crippen LogP contribution in [0.3, 0.4) is 0 Å². The number of hydrogen-bond donors (Lipinski definition) is 1. The Morgan fingerprint density at radius 1 is 1.30 bits per heavy atom. The Kier molecular flexibility index (Phi) is 3.64. The molecule has 2 amide bonds. The average Bonchev–Trinajstić information content (AvgIpc) is 2.33. The van der Waals surface area contributed by atoms with Crippen molar-refractivity contribution in [2.45, 2.75) is 19.1 Å². The average molecular weight is 307 g/mol. The van der Waals surface area contributed by atoms with Crippen LogP contribution in [-0.4, -0.2) is 24.4 Å². The minimum absolute atomic E-state index is 0.0443. The van der Waals surface area contributed by atoms with Crippen LogP contribution < -0.4 is 10.2 Å². The van der Waals surface area contributed by atoms with Gasteiger partial charge in [-0.25, -0.2) is 0 Å². The lowest BCUT2D eigenvalue weighted by Gasteiger charge is -2.33. The summed E-state index contributed by atoms with van der Waals surface area (Å²) in [5.74, 6) is -0.925. The lowest BCUT2D eigenvalue weighted by molar-refractivity contribution is -0.137. The number of amides is 2. The zero-order valence-corrected chi connectivity index (χ0v) is 11.0. The number of rotatable bonds is 1. The summed E-state index contributed by atoms with van der Waals surface area (Å²) in [6.45, 7) is 1.18. The Balaban J connectivity index is 2.48. The molecule has 1 aromatic carbocycles. The first kappa shape index (κ1) is 14.6. The summed E-state index contributed by atoms with van der Waals surface area (Å²) >= 11 is 5.67. The maximum Gasteiger partial charge on any atom is 0.416 e. The first-order valence-electron chi connectivity index (χ1n) is 5.67. The number of halogens is 4. The van der Waals surface area contributed by atoms with E-state index in [1.54, 1.807) is 0 Å². The number of alkyl halides is 3. The van der Waals surface area contributed by atoms with Crippen molar-refractivity contribution in [2.75, 3.05) is 11.4 Å². The van der Waals surface area contributed by atoms with E-state index < -0.39 is 29.6 Å². The normalized spacial score (nSPS) is 20.1. The van der Waals surface area contributed by atoms with Gasteiger partial charge in [0.15, 0.2) is 0 Å². The van der Waals surface area contributed by atoms with Crippen LogP contribution >= 0.6 is 11.6 Å². The number of piperazine rings is 1. The van der Waals surface area contributed by atoms with E-state index in [1.807, 2.05) is 0 Å². The second-order valence-corrected chi connectivity index (χ2v) is 4.79. The van der Waals surface area contributed by atoms with E-state index in [1.165, 1.54) is 13.0 Å². The summed E-state index contributed by atoms with van der Waals surface area (Å²) < 4.78 is 38.2. The number of carbonyl (C=O) groups is 2. The van der Waals surface area contributed by atoms with E-state index >= 15 is 0 Å². The number of nitrogens with zero attached hydrogens (tertiary/aromatic N) is 1. The van der Waals surface area contributed by atoms with Crippen molar-refractivity contribution in [1.82, 2.24) is 5.32 Å². The van der Waals surface area contributed by atoms with E-state index in [-0.39, 0.29) is 17.3 Å². The third-order valence-corrected chi connectivity index (χ3v) is 3.16. The highest BCUT2D eigenvalue weighted by atomic mass is 35.5. The van der Waals surface area contributed by atoms with Crippen molar-refractivity contribution in [1.29, 1.82) is 0 Å². The number of nitrogens with one attached hydrogen (secondary N) is 1. The van der Waals surface area contributed by atoms with Gasteiger partial charge >= 0.3 is 6.18 Å². The standard InChI is InChI=1S/C12H10ClF3N2O2/c1-6-11(20)17-5-10(19)18(6)9-3-7(12(14,15)16)2-8(13)4-9/h2-4,6H,5H2,1H3,(H,17,20). The van der Waals surface area contributed by atoms with Gasteiger partial charge < -0.3 is 5.32 Å². The molecule has 0 bridgehead atoms. The Morgan fingerprint density at radius 2 is 1.95 bits per heavy atom. The summed E-state index contributed by atoms with van der Waals surface area (Å²) in [6.07, 6.45) is -4.58. The van der Waals surface area contributed by atoms with Crippen molar-refractivity contribution in [3.05, 3.63) is 28.8 Å². The molecular weight excluding hydrogens is 297 g/mol. The fourth-order valence-corrected chi connectivity index (χ4v) is 2.20. The van der Waals surface area contributed by atoms with Crippen LogP contribution in [0.2, 0.25) is 5.02 Å². The minimum Gasteiger partial charge on any atom is -0.345 e. The lowest BCUT2D eigenvalue weighted by Crippen LogP contribution is -2.57. The van der Waals surface area contributed by atoms with Crippen molar-refractivity contribution < 1.29 is 22.8 Å². The molecule has 8 heteroatoms. The number of anilines is 1. The third-order valence-electron chi connectivity index (χ3n) is 2.94. The molecule has 1 saturated heterocycles. The zero-order valence-electron chi connectivity index (χ0n) is 10.3. The molecule has 1 fully saturated rings. The zero-order chi connectivity index (χ0) is 15.1. The molecule has 0 radical (unpaired) electrons. The SMILES string of the molecule is CC1C(=O)NCC(=O)N1c1cc(Cl)cc(C(F)(F)F)c1. The van der Waals surface area contributed by atoms with Gasteiger partial charge in [0.25, 0.3) is 0 Å².